The lowest BCUT2D eigenvalue weighted by atomic mass is 10.1. The minimum Gasteiger partial charge on any atom is -0.391 e. The molecule has 0 aliphatic rings. The summed E-state index contributed by atoms with van der Waals surface area (Å²) in [5.74, 6) is -2.02. The van der Waals surface area contributed by atoms with Gasteiger partial charge in [-0.1, -0.05) is 36.4 Å². The zero-order chi connectivity index (χ0) is 19.1. The Balaban J connectivity index is 1.90. The molecule has 0 fully saturated rings. The van der Waals surface area contributed by atoms with Crippen LogP contribution in [-0.2, 0) is 16.0 Å². The maximum Gasteiger partial charge on any atom is 0.313 e. The summed E-state index contributed by atoms with van der Waals surface area (Å²) in [7, 11) is 0. The number of carbonyl (C=O) groups excluding carboxylic acids is 2. The van der Waals surface area contributed by atoms with Gasteiger partial charge < -0.3 is 15.7 Å². The van der Waals surface area contributed by atoms with Gasteiger partial charge in [-0.25, -0.2) is 0 Å². The minimum absolute atomic E-state index is 0.0643. The van der Waals surface area contributed by atoms with Crippen molar-refractivity contribution in [3.05, 3.63) is 69.8 Å². The molecule has 2 amide bonds. The zero-order valence-corrected chi connectivity index (χ0v) is 14.1. The molecule has 0 heterocycles. The van der Waals surface area contributed by atoms with Crippen molar-refractivity contribution < 1.29 is 19.6 Å². The summed E-state index contributed by atoms with van der Waals surface area (Å²) in [6.07, 6.45) is -0.533. The molecule has 3 N–H and O–H groups in total. The lowest BCUT2D eigenvalue weighted by molar-refractivity contribution is -0.384. The van der Waals surface area contributed by atoms with Gasteiger partial charge in [-0.3, -0.25) is 19.7 Å². The first-order valence-electron chi connectivity index (χ1n) is 7.93. The predicted molar refractivity (Wildman–Crippen MR) is 95.6 cm³/mol. The SMILES string of the molecule is Cc1ccc(NC(=O)C(=O)NCC(O)Cc2ccccc2)c([N+](=O)[O-])c1. The Morgan fingerprint density at radius 1 is 1.15 bits per heavy atom. The van der Waals surface area contributed by atoms with E-state index in [-0.39, 0.29) is 17.9 Å². The largest absolute Gasteiger partial charge is 0.391 e. The number of rotatable bonds is 6. The van der Waals surface area contributed by atoms with Crippen molar-refractivity contribution in [2.24, 2.45) is 0 Å². The summed E-state index contributed by atoms with van der Waals surface area (Å²) >= 11 is 0. The summed E-state index contributed by atoms with van der Waals surface area (Å²) in [6, 6.07) is 13.5. The number of amides is 2. The molecule has 1 unspecified atom stereocenters. The Hall–Kier alpha value is -3.26. The summed E-state index contributed by atoms with van der Waals surface area (Å²) in [5.41, 5.74) is 1.19. The second-order valence-corrected chi connectivity index (χ2v) is 5.79. The maximum atomic E-state index is 11.9. The van der Waals surface area contributed by atoms with Crippen molar-refractivity contribution >= 4 is 23.2 Å². The number of nitrogens with zero attached hydrogens (tertiary/aromatic N) is 1. The molecule has 2 rings (SSSR count). The van der Waals surface area contributed by atoms with E-state index in [1.165, 1.54) is 12.1 Å². The van der Waals surface area contributed by atoms with Crippen molar-refractivity contribution in [1.82, 2.24) is 5.32 Å². The minimum atomic E-state index is -1.04. The normalized spacial score (nSPS) is 11.5. The van der Waals surface area contributed by atoms with E-state index in [4.69, 9.17) is 0 Å². The molecule has 0 spiro atoms. The van der Waals surface area contributed by atoms with Crippen LogP contribution < -0.4 is 10.6 Å². The van der Waals surface area contributed by atoms with E-state index in [0.717, 1.165) is 5.56 Å². The van der Waals surface area contributed by atoms with Gasteiger partial charge in [0.25, 0.3) is 5.69 Å². The van der Waals surface area contributed by atoms with Gasteiger partial charge in [0.1, 0.15) is 5.69 Å². The number of nitro benzene ring substituents is 1. The van der Waals surface area contributed by atoms with Crippen molar-refractivity contribution in [1.29, 1.82) is 0 Å². The van der Waals surface area contributed by atoms with E-state index >= 15 is 0 Å². The number of aliphatic hydroxyl groups is 1. The van der Waals surface area contributed by atoms with Gasteiger partial charge in [0.15, 0.2) is 0 Å². The topological polar surface area (TPSA) is 122 Å². The molecule has 1 atom stereocenters. The fourth-order valence-corrected chi connectivity index (χ4v) is 2.33. The van der Waals surface area contributed by atoms with Crippen molar-refractivity contribution in [2.75, 3.05) is 11.9 Å². The first-order valence-corrected chi connectivity index (χ1v) is 7.93. The van der Waals surface area contributed by atoms with Gasteiger partial charge in [0.05, 0.1) is 11.0 Å². The fraction of sp³-hybridized carbons (Fsp3) is 0.222. The lowest BCUT2D eigenvalue weighted by Crippen LogP contribution is -2.40. The van der Waals surface area contributed by atoms with Crippen LogP contribution in [0.1, 0.15) is 11.1 Å². The maximum absolute atomic E-state index is 11.9. The zero-order valence-electron chi connectivity index (χ0n) is 14.1. The third-order valence-corrected chi connectivity index (χ3v) is 3.62. The standard InChI is InChI=1S/C18H19N3O5/c1-12-7-8-15(16(9-12)21(25)26)20-18(24)17(23)19-11-14(22)10-13-5-3-2-4-6-13/h2-9,14,22H,10-11H2,1H3,(H,19,23)(H,20,24). The first-order chi connectivity index (χ1) is 12.4. The third-order valence-electron chi connectivity index (χ3n) is 3.62. The Morgan fingerprint density at radius 2 is 1.85 bits per heavy atom. The van der Waals surface area contributed by atoms with E-state index < -0.39 is 22.8 Å². The first kappa shape index (κ1) is 19.1. The Morgan fingerprint density at radius 3 is 2.50 bits per heavy atom. The van der Waals surface area contributed by atoms with Gasteiger partial charge in [-0.05, 0) is 24.1 Å². The van der Waals surface area contributed by atoms with Crippen LogP contribution >= 0.6 is 0 Å². The summed E-state index contributed by atoms with van der Waals surface area (Å²) in [4.78, 5) is 34.2. The van der Waals surface area contributed by atoms with E-state index in [1.54, 1.807) is 13.0 Å². The molecule has 0 aliphatic carbocycles. The average Bonchev–Trinajstić information content (AvgIpc) is 2.61. The quantitative estimate of drug-likeness (QED) is 0.411. The number of aliphatic hydroxyl groups excluding tert-OH is 1. The summed E-state index contributed by atoms with van der Waals surface area (Å²) in [5, 5.41) is 25.5. The molecule has 0 radical (unpaired) electrons. The highest BCUT2D eigenvalue weighted by Gasteiger charge is 2.20. The number of nitrogens with one attached hydrogen (secondary N) is 2. The summed E-state index contributed by atoms with van der Waals surface area (Å²) in [6.45, 7) is 1.57. The molecule has 136 valence electrons. The molecule has 8 nitrogen and oxygen atoms in total. The highest BCUT2D eigenvalue weighted by atomic mass is 16.6. The average molecular weight is 357 g/mol. The van der Waals surface area contributed by atoms with Crippen LogP contribution in [0.4, 0.5) is 11.4 Å². The molecule has 2 aromatic carbocycles. The van der Waals surface area contributed by atoms with Gasteiger partial charge in [0, 0.05) is 19.0 Å². The molecule has 0 saturated heterocycles. The van der Waals surface area contributed by atoms with Crippen LogP contribution in [0, 0.1) is 17.0 Å². The van der Waals surface area contributed by atoms with Crippen LogP contribution in [-0.4, -0.2) is 34.5 Å². The highest BCUT2D eigenvalue weighted by Crippen LogP contribution is 2.25. The number of benzene rings is 2. The van der Waals surface area contributed by atoms with Crippen LogP contribution in [0.2, 0.25) is 0 Å². The van der Waals surface area contributed by atoms with E-state index in [9.17, 15) is 24.8 Å². The molecule has 2 aromatic rings. The van der Waals surface area contributed by atoms with Crippen molar-refractivity contribution in [3.63, 3.8) is 0 Å². The van der Waals surface area contributed by atoms with Gasteiger partial charge in [-0.15, -0.1) is 0 Å². The van der Waals surface area contributed by atoms with Crippen LogP contribution in [0.15, 0.2) is 48.5 Å². The fourth-order valence-electron chi connectivity index (χ4n) is 2.33. The predicted octanol–water partition coefficient (Wildman–Crippen LogP) is 1.56. The Kier molecular flexibility index (Phi) is 6.40. The number of anilines is 1. The van der Waals surface area contributed by atoms with Gasteiger partial charge in [0.2, 0.25) is 0 Å². The van der Waals surface area contributed by atoms with E-state index in [0.29, 0.717) is 12.0 Å². The smallest absolute Gasteiger partial charge is 0.313 e. The molecule has 0 aliphatic heterocycles. The third kappa shape index (κ3) is 5.38. The van der Waals surface area contributed by atoms with Gasteiger partial charge >= 0.3 is 11.8 Å². The molecular formula is C18H19N3O5. The van der Waals surface area contributed by atoms with Crippen molar-refractivity contribution in [2.45, 2.75) is 19.4 Å². The number of carbonyl (C=O) groups is 2. The molecule has 0 bridgehead atoms. The van der Waals surface area contributed by atoms with E-state index in [2.05, 4.69) is 10.6 Å². The molecular weight excluding hydrogens is 338 g/mol. The molecule has 26 heavy (non-hydrogen) atoms. The van der Waals surface area contributed by atoms with Crippen molar-refractivity contribution in [3.8, 4) is 0 Å². The number of nitro groups is 1. The van der Waals surface area contributed by atoms with Crippen LogP contribution in [0.25, 0.3) is 0 Å². The second-order valence-electron chi connectivity index (χ2n) is 5.79. The van der Waals surface area contributed by atoms with Crippen LogP contribution in [0.5, 0.6) is 0 Å². The lowest BCUT2D eigenvalue weighted by Gasteiger charge is -2.12. The van der Waals surface area contributed by atoms with Gasteiger partial charge in [-0.2, -0.15) is 0 Å². The van der Waals surface area contributed by atoms with Crippen LogP contribution in [0.3, 0.4) is 0 Å². The highest BCUT2D eigenvalue weighted by molar-refractivity contribution is 6.39. The molecule has 0 aromatic heterocycles. The molecule has 0 saturated carbocycles. The van der Waals surface area contributed by atoms with E-state index in [1.807, 2.05) is 30.3 Å². The number of hydrogen-bond donors (Lipinski definition) is 3. The Labute approximate surface area is 150 Å². The summed E-state index contributed by atoms with van der Waals surface area (Å²) < 4.78 is 0. The Bertz CT molecular complexity index is 808. The number of aryl methyl sites for hydroxylation is 1. The second kappa shape index (κ2) is 8.72. The molecule has 8 heteroatoms. The monoisotopic (exact) mass is 357 g/mol. The number of hydrogen-bond acceptors (Lipinski definition) is 5.